The Morgan fingerprint density at radius 3 is 2.76 bits per heavy atom. The average Bonchev–Trinajstić information content (AvgIpc) is 2.33. The van der Waals surface area contributed by atoms with Gasteiger partial charge in [-0.2, -0.15) is 0 Å². The van der Waals surface area contributed by atoms with Gasteiger partial charge in [0.05, 0.1) is 22.7 Å². The fraction of sp³-hybridized carbons (Fsp3) is 0.0909. The molecule has 0 spiro atoms. The van der Waals surface area contributed by atoms with Crippen molar-refractivity contribution in [2.45, 2.75) is 0 Å². The summed E-state index contributed by atoms with van der Waals surface area (Å²) in [5, 5.41) is 0.465. The zero-order valence-electron chi connectivity index (χ0n) is 8.63. The first-order valence-corrected chi connectivity index (χ1v) is 5.32. The summed E-state index contributed by atoms with van der Waals surface area (Å²) in [5.74, 6) is -1.20. The lowest BCUT2D eigenvalue weighted by atomic mass is 10.1. The minimum atomic E-state index is -0.648. The Bertz CT molecular complexity index is 616. The number of pyridine rings is 1. The van der Waals surface area contributed by atoms with Gasteiger partial charge in [0.25, 0.3) is 0 Å². The minimum Gasteiger partial charge on any atom is -0.465 e. The van der Waals surface area contributed by atoms with Crippen LogP contribution in [0.1, 0.15) is 10.4 Å². The highest BCUT2D eigenvalue weighted by atomic mass is 35.5. The van der Waals surface area contributed by atoms with Crippen LogP contribution in [0.5, 0.6) is 0 Å². The van der Waals surface area contributed by atoms with Gasteiger partial charge in [0.2, 0.25) is 0 Å². The molecule has 0 aliphatic heterocycles. The largest absolute Gasteiger partial charge is 0.465 e. The van der Waals surface area contributed by atoms with E-state index in [1.54, 1.807) is 0 Å². The molecule has 0 unspecified atom stereocenters. The van der Waals surface area contributed by atoms with E-state index in [0.29, 0.717) is 0 Å². The van der Waals surface area contributed by atoms with Gasteiger partial charge in [0.15, 0.2) is 0 Å². The van der Waals surface area contributed by atoms with Crippen LogP contribution in [0.3, 0.4) is 0 Å². The van der Waals surface area contributed by atoms with Crippen LogP contribution >= 0.6 is 23.2 Å². The Morgan fingerprint density at radius 2 is 2.12 bits per heavy atom. The monoisotopic (exact) mass is 273 g/mol. The van der Waals surface area contributed by atoms with Crippen LogP contribution in [0.4, 0.5) is 4.39 Å². The number of fused-ring (bicyclic) bond motifs is 1. The normalized spacial score (nSPS) is 10.6. The quantitative estimate of drug-likeness (QED) is 0.747. The zero-order valence-corrected chi connectivity index (χ0v) is 10.1. The first kappa shape index (κ1) is 12.1. The van der Waals surface area contributed by atoms with Crippen molar-refractivity contribution < 1.29 is 13.9 Å². The van der Waals surface area contributed by atoms with E-state index in [4.69, 9.17) is 23.2 Å². The van der Waals surface area contributed by atoms with E-state index in [9.17, 15) is 9.18 Å². The summed E-state index contributed by atoms with van der Waals surface area (Å²) in [5.41, 5.74) is 0.0734. The van der Waals surface area contributed by atoms with E-state index in [0.717, 1.165) is 6.20 Å². The number of benzene rings is 1. The van der Waals surface area contributed by atoms with Crippen LogP contribution in [-0.4, -0.2) is 18.1 Å². The van der Waals surface area contributed by atoms with E-state index < -0.39 is 11.8 Å². The van der Waals surface area contributed by atoms with Crippen LogP contribution in [0.15, 0.2) is 18.3 Å². The van der Waals surface area contributed by atoms with Crippen molar-refractivity contribution in [2.75, 3.05) is 7.11 Å². The highest BCUT2D eigenvalue weighted by Crippen LogP contribution is 2.33. The van der Waals surface area contributed by atoms with Crippen molar-refractivity contribution in [3.8, 4) is 0 Å². The van der Waals surface area contributed by atoms with E-state index in [2.05, 4.69) is 9.72 Å². The molecule has 88 valence electrons. The second-order valence-electron chi connectivity index (χ2n) is 3.23. The molecule has 0 amide bonds. The lowest BCUT2D eigenvalue weighted by Gasteiger charge is -2.07. The molecule has 0 N–H and O–H groups in total. The smallest absolute Gasteiger partial charge is 0.340 e. The van der Waals surface area contributed by atoms with Crippen LogP contribution in [0, 0.1) is 5.82 Å². The van der Waals surface area contributed by atoms with Gasteiger partial charge < -0.3 is 4.74 Å². The maximum absolute atomic E-state index is 13.5. The molecule has 0 aliphatic carbocycles. The van der Waals surface area contributed by atoms with Crippen LogP contribution in [0.25, 0.3) is 10.9 Å². The Balaban J connectivity index is 2.84. The first-order valence-electron chi connectivity index (χ1n) is 4.56. The van der Waals surface area contributed by atoms with Gasteiger partial charge in [-0.15, -0.1) is 0 Å². The van der Waals surface area contributed by atoms with E-state index in [1.807, 2.05) is 0 Å². The molecule has 0 bridgehead atoms. The van der Waals surface area contributed by atoms with Gasteiger partial charge in [-0.25, -0.2) is 9.18 Å². The molecule has 0 fully saturated rings. The average molecular weight is 274 g/mol. The summed E-state index contributed by atoms with van der Waals surface area (Å²) in [7, 11) is 1.22. The summed E-state index contributed by atoms with van der Waals surface area (Å²) >= 11 is 11.9. The number of halogens is 3. The number of hydrogen-bond acceptors (Lipinski definition) is 3. The van der Waals surface area contributed by atoms with Gasteiger partial charge in [-0.3, -0.25) is 4.98 Å². The molecule has 2 aromatic rings. The SMILES string of the molecule is COC(=O)c1cnc2c(F)ccc(Cl)c2c1Cl. The number of carbonyl (C=O) groups is 1. The predicted octanol–water partition coefficient (Wildman–Crippen LogP) is 3.47. The second kappa shape index (κ2) is 4.47. The van der Waals surface area contributed by atoms with Crippen molar-refractivity contribution in [1.29, 1.82) is 0 Å². The molecule has 1 aromatic carbocycles. The number of methoxy groups -OCH3 is 1. The number of nitrogens with zero attached hydrogens (tertiary/aromatic N) is 1. The summed E-state index contributed by atoms with van der Waals surface area (Å²) in [6, 6.07) is 2.54. The van der Waals surface area contributed by atoms with Gasteiger partial charge >= 0.3 is 5.97 Å². The molecule has 0 saturated carbocycles. The molecule has 0 radical (unpaired) electrons. The fourth-order valence-electron chi connectivity index (χ4n) is 1.45. The Hall–Kier alpha value is -1.39. The summed E-state index contributed by atoms with van der Waals surface area (Å²) in [4.78, 5) is 15.2. The van der Waals surface area contributed by atoms with Gasteiger partial charge in [0, 0.05) is 11.6 Å². The highest BCUT2D eigenvalue weighted by molar-refractivity contribution is 6.43. The second-order valence-corrected chi connectivity index (χ2v) is 4.02. The summed E-state index contributed by atoms with van der Waals surface area (Å²) < 4.78 is 18.0. The number of ether oxygens (including phenoxy) is 1. The van der Waals surface area contributed by atoms with Crippen molar-refractivity contribution in [1.82, 2.24) is 4.98 Å². The molecular formula is C11H6Cl2FNO2. The molecule has 17 heavy (non-hydrogen) atoms. The predicted molar refractivity (Wildman–Crippen MR) is 63.1 cm³/mol. The Morgan fingerprint density at radius 1 is 1.41 bits per heavy atom. The molecule has 0 saturated heterocycles. The summed E-state index contributed by atoms with van der Waals surface area (Å²) in [6.45, 7) is 0. The van der Waals surface area contributed by atoms with Gasteiger partial charge in [-0.1, -0.05) is 23.2 Å². The van der Waals surface area contributed by atoms with Crippen molar-refractivity contribution in [2.24, 2.45) is 0 Å². The fourth-order valence-corrected chi connectivity index (χ4v) is 2.06. The van der Waals surface area contributed by atoms with Crippen LogP contribution in [-0.2, 0) is 4.74 Å². The Labute approximate surface area is 106 Å². The molecule has 3 nitrogen and oxygen atoms in total. The maximum Gasteiger partial charge on any atom is 0.340 e. The number of esters is 1. The minimum absolute atomic E-state index is 0.0233. The van der Waals surface area contributed by atoms with E-state index in [-0.39, 0.29) is 26.5 Å². The zero-order chi connectivity index (χ0) is 12.6. The van der Waals surface area contributed by atoms with E-state index >= 15 is 0 Å². The van der Waals surface area contributed by atoms with Crippen molar-refractivity contribution in [3.63, 3.8) is 0 Å². The number of carbonyl (C=O) groups excluding carboxylic acids is 1. The first-order chi connectivity index (χ1) is 8.06. The maximum atomic E-state index is 13.5. The molecule has 0 atom stereocenters. The third-order valence-corrected chi connectivity index (χ3v) is 2.97. The number of rotatable bonds is 1. The molecule has 6 heteroatoms. The van der Waals surface area contributed by atoms with Crippen molar-refractivity contribution in [3.05, 3.63) is 39.8 Å². The topological polar surface area (TPSA) is 39.2 Å². The summed E-state index contributed by atoms with van der Waals surface area (Å²) in [6.07, 6.45) is 1.16. The number of aromatic nitrogens is 1. The molecule has 0 aliphatic rings. The van der Waals surface area contributed by atoms with E-state index in [1.165, 1.54) is 19.2 Å². The van der Waals surface area contributed by atoms with Crippen LogP contribution in [0.2, 0.25) is 10.0 Å². The third-order valence-electron chi connectivity index (χ3n) is 2.26. The Kier molecular flexibility index (Phi) is 3.17. The van der Waals surface area contributed by atoms with Gasteiger partial charge in [-0.05, 0) is 12.1 Å². The van der Waals surface area contributed by atoms with Crippen molar-refractivity contribution >= 4 is 40.1 Å². The standard InChI is InChI=1S/C11H6Cl2FNO2/c1-17-11(16)5-4-15-10-7(14)3-2-6(12)8(10)9(5)13/h2-4H,1H3. The molecule has 1 heterocycles. The lowest BCUT2D eigenvalue weighted by Crippen LogP contribution is -2.03. The lowest BCUT2D eigenvalue weighted by molar-refractivity contribution is 0.0600. The molecule has 2 rings (SSSR count). The number of hydrogen-bond donors (Lipinski definition) is 0. The van der Waals surface area contributed by atoms with Crippen LogP contribution < -0.4 is 0 Å². The molecule has 1 aromatic heterocycles. The van der Waals surface area contributed by atoms with Gasteiger partial charge in [0.1, 0.15) is 11.3 Å². The molecular weight excluding hydrogens is 268 g/mol. The highest BCUT2D eigenvalue weighted by Gasteiger charge is 2.18. The third kappa shape index (κ3) is 1.94.